The molecule has 1 atom stereocenters. The van der Waals surface area contributed by atoms with E-state index >= 15 is 0 Å². The van der Waals surface area contributed by atoms with Crippen molar-refractivity contribution in [1.82, 2.24) is 0 Å². The smallest absolute Gasteiger partial charge is 0.137 e. The molecule has 0 aromatic heterocycles. The van der Waals surface area contributed by atoms with Crippen LogP contribution < -0.4 is 5.32 Å². The average Bonchev–Trinajstić information content (AvgIpc) is 2.32. The predicted octanol–water partition coefficient (Wildman–Crippen LogP) is 4.10. The van der Waals surface area contributed by atoms with Crippen LogP contribution in [0.15, 0.2) is 22.7 Å². The van der Waals surface area contributed by atoms with Gasteiger partial charge < -0.3 is 10.1 Å². The van der Waals surface area contributed by atoms with Crippen molar-refractivity contribution in [2.75, 3.05) is 11.9 Å². The van der Waals surface area contributed by atoms with Crippen molar-refractivity contribution in [3.05, 3.63) is 28.5 Å². The molecule has 2 aliphatic rings. The molecule has 18 heavy (non-hydrogen) atoms. The molecule has 1 N–H and O–H groups in total. The summed E-state index contributed by atoms with van der Waals surface area (Å²) >= 11 is 3.22. The van der Waals surface area contributed by atoms with Crippen LogP contribution in [0.25, 0.3) is 0 Å². The number of hydrogen-bond acceptors (Lipinski definition) is 2. The minimum atomic E-state index is -0.219. The average molecular weight is 314 g/mol. The maximum absolute atomic E-state index is 13.2. The van der Waals surface area contributed by atoms with E-state index in [1.54, 1.807) is 12.1 Å². The molecule has 1 aliphatic carbocycles. The summed E-state index contributed by atoms with van der Waals surface area (Å²) in [7, 11) is 0. The summed E-state index contributed by atoms with van der Waals surface area (Å²) in [5.74, 6) is -0.219. The molecule has 0 radical (unpaired) electrons. The lowest BCUT2D eigenvalue weighted by atomic mass is 9.74. The van der Waals surface area contributed by atoms with Crippen LogP contribution in [0.1, 0.15) is 32.1 Å². The minimum Gasteiger partial charge on any atom is -0.382 e. The fourth-order valence-electron chi connectivity index (χ4n) is 2.89. The number of anilines is 1. The van der Waals surface area contributed by atoms with Crippen LogP contribution in [0.2, 0.25) is 0 Å². The van der Waals surface area contributed by atoms with E-state index in [0.29, 0.717) is 10.5 Å². The first-order valence-corrected chi connectivity index (χ1v) is 7.32. The molecule has 1 saturated heterocycles. The third-order valence-corrected chi connectivity index (χ3v) is 4.66. The van der Waals surface area contributed by atoms with Crippen LogP contribution in [0.3, 0.4) is 0 Å². The Balaban J connectivity index is 1.66. The second-order valence-electron chi connectivity index (χ2n) is 5.35. The van der Waals surface area contributed by atoms with Crippen LogP contribution in [0.4, 0.5) is 10.1 Å². The Morgan fingerprint density at radius 2 is 2.22 bits per heavy atom. The lowest BCUT2D eigenvalue weighted by molar-refractivity contribution is -0.130. The highest BCUT2D eigenvalue weighted by atomic mass is 79.9. The van der Waals surface area contributed by atoms with Crippen molar-refractivity contribution < 1.29 is 9.13 Å². The fraction of sp³-hybridized carbons (Fsp3) is 0.571. The Kier molecular flexibility index (Phi) is 3.32. The maximum atomic E-state index is 13.2. The summed E-state index contributed by atoms with van der Waals surface area (Å²) in [5.41, 5.74) is 1.12. The van der Waals surface area contributed by atoms with Crippen molar-refractivity contribution in [2.45, 2.75) is 43.7 Å². The van der Waals surface area contributed by atoms with Gasteiger partial charge in [-0.1, -0.05) is 0 Å². The molecule has 1 saturated carbocycles. The summed E-state index contributed by atoms with van der Waals surface area (Å²) in [5, 5.41) is 3.50. The van der Waals surface area contributed by atoms with Crippen LogP contribution in [-0.4, -0.2) is 18.2 Å². The van der Waals surface area contributed by atoms with E-state index in [0.717, 1.165) is 25.1 Å². The molecule has 2 nitrogen and oxygen atoms in total. The first-order valence-electron chi connectivity index (χ1n) is 6.52. The Labute approximate surface area is 115 Å². The Hall–Kier alpha value is -0.610. The topological polar surface area (TPSA) is 21.3 Å². The summed E-state index contributed by atoms with van der Waals surface area (Å²) in [6.07, 6.45) is 5.77. The van der Waals surface area contributed by atoms with Crippen molar-refractivity contribution in [3.63, 3.8) is 0 Å². The van der Waals surface area contributed by atoms with E-state index in [-0.39, 0.29) is 11.4 Å². The summed E-state index contributed by atoms with van der Waals surface area (Å²) < 4.78 is 19.6. The van der Waals surface area contributed by atoms with Gasteiger partial charge >= 0.3 is 0 Å². The number of benzene rings is 1. The van der Waals surface area contributed by atoms with Crippen LogP contribution in [0, 0.1) is 5.82 Å². The van der Waals surface area contributed by atoms with Crippen LogP contribution >= 0.6 is 15.9 Å². The number of halogens is 2. The molecule has 4 heteroatoms. The summed E-state index contributed by atoms with van der Waals surface area (Å²) in [6, 6.07) is 5.53. The molecule has 1 heterocycles. The monoisotopic (exact) mass is 313 g/mol. The Morgan fingerprint density at radius 3 is 2.89 bits per heavy atom. The van der Waals surface area contributed by atoms with E-state index in [1.807, 2.05) is 0 Å². The molecule has 0 bridgehead atoms. The second-order valence-corrected chi connectivity index (χ2v) is 6.20. The highest BCUT2D eigenvalue weighted by molar-refractivity contribution is 9.10. The van der Waals surface area contributed by atoms with Gasteiger partial charge in [0.1, 0.15) is 5.82 Å². The van der Waals surface area contributed by atoms with Gasteiger partial charge in [0, 0.05) is 18.3 Å². The predicted molar refractivity (Wildman–Crippen MR) is 73.3 cm³/mol. The lowest BCUT2D eigenvalue weighted by Gasteiger charge is -2.47. The van der Waals surface area contributed by atoms with Gasteiger partial charge in [-0.15, -0.1) is 0 Å². The maximum Gasteiger partial charge on any atom is 0.137 e. The van der Waals surface area contributed by atoms with E-state index in [9.17, 15) is 4.39 Å². The van der Waals surface area contributed by atoms with Gasteiger partial charge in [0.25, 0.3) is 0 Å². The zero-order valence-electron chi connectivity index (χ0n) is 10.2. The highest BCUT2D eigenvalue weighted by Gasteiger charge is 2.42. The molecule has 98 valence electrons. The van der Waals surface area contributed by atoms with Crippen molar-refractivity contribution in [3.8, 4) is 0 Å². The van der Waals surface area contributed by atoms with E-state index in [1.165, 1.54) is 25.3 Å². The van der Waals surface area contributed by atoms with Crippen molar-refractivity contribution in [1.29, 1.82) is 0 Å². The zero-order chi connectivity index (χ0) is 12.6. The molecule has 1 aliphatic heterocycles. The molecular formula is C14H17BrFNO. The van der Waals surface area contributed by atoms with Crippen LogP contribution in [-0.2, 0) is 4.74 Å². The molecular weight excluding hydrogens is 297 g/mol. The van der Waals surface area contributed by atoms with Gasteiger partial charge in [0.15, 0.2) is 0 Å². The molecule has 3 rings (SSSR count). The molecule has 1 aromatic rings. The standard InChI is InChI=1S/C14H17BrFNO/c15-12-8-10(2-3-13(12)16)17-11-4-7-18-14(9-11)5-1-6-14/h2-3,8,11,17H,1,4-7,9H2. The van der Waals surface area contributed by atoms with Crippen LogP contribution in [0.5, 0.6) is 0 Å². The quantitative estimate of drug-likeness (QED) is 0.887. The van der Waals surface area contributed by atoms with Gasteiger partial charge in [0.2, 0.25) is 0 Å². The van der Waals surface area contributed by atoms with Gasteiger partial charge in [-0.25, -0.2) is 4.39 Å². The number of hydrogen-bond donors (Lipinski definition) is 1. The van der Waals surface area contributed by atoms with E-state index < -0.39 is 0 Å². The Bertz CT molecular complexity index is 447. The third-order valence-electron chi connectivity index (χ3n) is 4.05. The van der Waals surface area contributed by atoms with Gasteiger partial charge in [-0.2, -0.15) is 0 Å². The SMILES string of the molecule is Fc1ccc(NC2CCOC3(CCC3)C2)cc1Br. The summed E-state index contributed by atoms with van der Waals surface area (Å²) in [6.45, 7) is 0.833. The van der Waals surface area contributed by atoms with Gasteiger partial charge in [0.05, 0.1) is 10.1 Å². The number of nitrogens with one attached hydrogen (secondary N) is 1. The molecule has 0 amide bonds. The molecule has 1 aromatic carbocycles. The van der Waals surface area contributed by atoms with E-state index in [2.05, 4.69) is 21.2 Å². The summed E-state index contributed by atoms with van der Waals surface area (Å²) in [4.78, 5) is 0. The second kappa shape index (κ2) is 4.82. The molecule has 1 spiro atoms. The lowest BCUT2D eigenvalue weighted by Crippen LogP contribution is -2.49. The zero-order valence-corrected chi connectivity index (χ0v) is 11.8. The third kappa shape index (κ3) is 2.41. The molecule has 2 fully saturated rings. The largest absolute Gasteiger partial charge is 0.382 e. The Morgan fingerprint density at radius 1 is 1.39 bits per heavy atom. The minimum absolute atomic E-state index is 0.146. The number of rotatable bonds is 2. The van der Waals surface area contributed by atoms with Crippen molar-refractivity contribution >= 4 is 21.6 Å². The highest BCUT2D eigenvalue weighted by Crippen LogP contribution is 2.42. The number of ether oxygens (including phenoxy) is 1. The van der Waals surface area contributed by atoms with E-state index in [4.69, 9.17) is 4.74 Å². The normalized spacial score (nSPS) is 25.8. The fourth-order valence-corrected chi connectivity index (χ4v) is 3.27. The van der Waals surface area contributed by atoms with Gasteiger partial charge in [-0.3, -0.25) is 0 Å². The molecule has 1 unspecified atom stereocenters. The van der Waals surface area contributed by atoms with Crippen molar-refractivity contribution in [2.24, 2.45) is 0 Å². The first-order chi connectivity index (χ1) is 8.67. The van der Waals surface area contributed by atoms with Gasteiger partial charge in [-0.05, 0) is 66.2 Å². The first kappa shape index (κ1) is 12.4.